The summed E-state index contributed by atoms with van der Waals surface area (Å²) in [6.45, 7) is 9.92. The average molecular weight is 429 g/mol. The molecule has 0 aliphatic heterocycles. The van der Waals surface area contributed by atoms with Gasteiger partial charge in [0.1, 0.15) is 0 Å². The summed E-state index contributed by atoms with van der Waals surface area (Å²) in [6, 6.07) is 0. The molecule has 8 atom stereocenters. The monoisotopic (exact) mass is 428 g/mol. The third-order valence-electron chi connectivity index (χ3n) is 11.3. The van der Waals surface area contributed by atoms with E-state index in [4.69, 9.17) is 0 Å². The molecule has 5 fully saturated rings. The van der Waals surface area contributed by atoms with Gasteiger partial charge in [-0.05, 0) is 104 Å². The molecular formula is C31H56. The highest BCUT2D eigenvalue weighted by Gasteiger charge is 2.47. The van der Waals surface area contributed by atoms with Crippen molar-refractivity contribution in [1.82, 2.24) is 0 Å². The van der Waals surface area contributed by atoms with Crippen molar-refractivity contribution in [2.24, 2.45) is 59.2 Å². The van der Waals surface area contributed by atoms with E-state index < -0.39 is 0 Å². The van der Waals surface area contributed by atoms with Crippen LogP contribution < -0.4 is 0 Å². The zero-order valence-electron chi connectivity index (χ0n) is 21.8. The van der Waals surface area contributed by atoms with E-state index in [2.05, 4.69) is 27.7 Å². The first-order valence-corrected chi connectivity index (χ1v) is 15.1. The molecule has 0 bridgehead atoms. The Morgan fingerprint density at radius 3 is 2.00 bits per heavy atom. The lowest BCUT2D eigenvalue weighted by Crippen LogP contribution is -2.42. The summed E-state index contributed by atoms with van der Waals surface area (Å²) < 4.78 is 0. The third kappa shape index (κ3) is 5.74. The first-order chi connectivity index (χ1) is 15.1. The van der Waals surface area contributed by atoms with E-state index >= 15 is 0 Å². The van der Waals surface area contributed by atoms with Gasteiger partial charge in [-0.15, -0.1) is 0 Å². The van der Waals surface area contributed by atoms with Gasteiger partial charge in [0.2, 0.25) is 0 Å². The summed E-state index contributed by atoms with van der Waals surface area (Å²) in [5, 5.41) is 0. The van der Waals surface area contributed by atoms with Crippen molar-refractivity contribution < 1.29 is 0 Å². The van der Waals surface area contributed by atoms with Crippen molar-refractivity contribution in [3.63, 3.8) is 0 Å². The molecule has 0 aromatic heterocycles. The van der Waals surface area contributed by atoms with E-state index in [0.29, 0.717) is 0 Å². The smallest absolute Gasteiger partial charge is 0.0324 e. The molecule has 180 valence electrons. The second-order valence-corrected chi connectivity index (χ2v) is 13.2. The lowest BCUT2D eigenvalue weighted by Gasteiger charge is -2.49. The molecule has 8 unspecified atom stereocenters. The van der Waals surface area contributed by atoms with Crippen molar-refractivity contribution >= 4 is 0 Å². The molecule has 5 aliphatic rings. The summed E-state index contributed by atoms with van der Waals surface area (Å²) in [4.78, 5) is 0. The molecule has 0 aromatic carbocycles. The number of hydrogen-bond acceptors (Lipinski definition) is 0. The molecule has 0 saturated heterocycles. The van der Waals surface area contributed by atoms with E-state index in [9.17, 15) is 0 Å². The van der Waals surface area contributed by atoms with Gasteiger partial charge in [-0.2, -0.15) is 0 Å². The molecule has 0 aromatic rings. The highest BCUT2D eigenvalue weighted by molar-refractivity contribution is 4.97. The van der Waals surface area contributed by atoms with Crippen molar-refractivity contribution in [1.29, 1.82) is 0 Å². The Morgan fingerprint density at radius 2 is 1.26 bits per heavy atom. The predicted octanol–water partition coefficient (Wildman–Crippen LogP) is 9.91. The normalized spacial score (nSPS) is 47.2. The summed E-state index contributed by atoms with van der Waals surface area (Å²) in [5.74, 6) is 10.9. The second kappa shape index (κ2) is 11.4. The Bertz CT molecular complexity index is 512. The molecule has 5 saturated carbocycles. The molecule has 0 N–H and O–H groups in total. The van der Waals surface area contributed by atoms with Gasteiger partial charge in [-0.3, -0.25) is 0 Å². The maximum absolute atomic E-state index is 2.60. The van der Waals surface area contributed by atoms with Crippen LogP contribution in [0.15, 0.2) is 0 Å². The highest BCUT2D eigenvalue weighted by atomic mass is 14.5. The minimum Gasteiger partial charge on any atom is -0.0654 e. The molecule has 0 radical (unpaired) electrons. The lowest BCUT2D eigenvalue weighted by atomic mass is 9.56. The zero-order chi connectivity index (χ0) is 21.8. The summed E-state index contributed by atoms with van der Waals surface area (Å²) >= 11 is 0. The fraction of sp³-hybridized carbons (Fsp3) is 1.00. The van der Waals surface area contributed by atoms with Gasteiger partial charge < -0.3 is 0 Å². The number of unbranched alkanes of at least 4 members (excludes halogenated alkanes) is 1. The second-order valence-electron chi connectivity index (χ2n) is 13.2. The first-order valence-electron chi connectivity index (χ1n) is 15.1. The Morgan fingerprint density at radius 1 is 0.581 bits per heavy atom. The third-order valence-corrected chi connectivity index (χ3v) is 11.3. The van der Waals surface area contributed by atoms with E-state index in [0.717, 1.165) is 59.2 Å². The topological polar surface area (TPSA) is 0 Å². The minimum atomic E-state index is 1.01. The van der Waals surface area contributed by atoms with Gasteiger partial charge in [0, 0.05) is 0 Å². The lowest BCUT2D eigenvalue weighted by molar-refractivity contribution is -0.00156. The Balaban J connectivity index is 0.000000192. The summed E-state index contributed by atoms with van der Waals surface area (Å²) in [5.41, 5.74) is 0. The SMILES string of the molecule is CC1CCC2CCCCC12.CCCCC1C(C)CC2CCCC2C1C1CCC(C)CC1. The van der Waals surface area contributed by atoms with Crippen LogP contribution in [-0.2, 0) is 0 Å². The van der Waals surface area contributed by atoms with Crippen LogP contribution in [0.1, 0.15) is 137 Å². The molecule has 0 amide bonds. The van der Waals surface area contributed by atoms with E-state index in [-0.39, 0.29) is 0 Å². The highest BCUT2D eigenvalue weighted by Crippen LogP contribution is 2.56. The van der Waals surface area contributed by atoms with E-state index in [1.54, 1.807) is 57.8 Å². The Labute approximate surface area is 196 Å². The molecule has 5 rings (SSSR count). The van der Waals surface area contributed by atoms with E-state index in [1.807, 2.05) is 0 Å². The fourth-order valence-electron chi connectivity index (χ4n) is 9.54. The van der Waals surface area contributed by atoms with Crippen LogP contribution in [-0.4, -0.2) is 0 Å². The van der Waals surface area contributed by atoms with Gasteiger partial charge in [0.05, 0.1) is 0 Å². The molecule has 0 spiro atoms. The van der Waals surface area contributed by atoms with Crippen LogP contribution in [0.5, 0.6) is 0 Å². The van der Waals surface area contributed by atoms with E-state index in [1.165, 1.54) is 51.4 Å². The van der Waals surface area contributed by atoms with Gasteiger partial charge in [-0.1, -0.05) is 91.9 Å². The number of fused-ring (bicyclic) bond motifs is 2. The van der Waals surface area contributed by atoms with Crippen molar-refractivity contribution in [2.45, 2.75) is 137 Å². The number of rotatable bonds is 4. The van der Waals surface area contributed by atoms with Gasteiger partial charge in [-0.25, -0.2) is 0 Å². The molecule has 0 heteroatoms. The van der Waals surface area contributed by atoms with Crippen molar-refractivity contribution in [2.75, 3.05) is 0 Å². The molecular weight excluding hydrogens is 372 g/mol. The van der Waals surface area contributed by atoms with Crippen LogP contribution in [0.25, 0.3) is 0 Å². The fourth-order valence-corrected chi connectivity index (χ4v) is 9.54. The van der Waals surface area contributed by atoms with Crippen LogP contribution in [0.4, 0.5) is 0 Å². The zero-order valence-corrected chi connectivity index (χ0v) is 21.8. The maximum Gasteiger partial charge on any atom is -0.0324 e. The Hall–Kier alpha value is 0. The molecule has 5 aliphatic carbocycles. The van der Waals surface area contributed by atoms with Crippen LogP contribution in [0.3, 0.4) is 0 Å². The number of hydrogen-bond donors (Lipinski definition) is 0. The average Bonchev–Trinajstić information content (AvgIpc) is 3.40. The van der Waals surface area contributed by atoms with Crippen LogP contribution in [0.2, 0.25) is 0 Å². The van der Waals surface area contributed by atoms with Crippen molar-refractivity contribution in [3.05, 3.63) is 0 Å². The standard InChI is InChI=1S/C21H38.C10H18/c1-4-5-8-19-16(3)14-18-7-6-9-20(18)21(19)17-12-10-15(2)11-13-17;1-8-6-7-9-4-2-3-5-10(8)9/h15-21H,4-14H2,1-3H3;8-10H,2-7H2,1H3. The first kappa shape index (κ1) is 24.1. The van der Waals surface area contributed by atoms with Crippen LogP contribution >= 0.6 is 0 Å². The molecule has 0 nitrogen and oxygen atoms in total. The van der Waals surface area contributed by atoms with Crippen molar-refractivity contribution in [3.8, 4) is 0 Å². The van der Waals surface area contributed by atoms with Gasteiger partial charge in [0.15, 0.2) is 0 Å². The van der Waals surface area contributed by atoms with Gasteiger partial charge in [0.25, 0.3) is 0 Å². The predicted molar refractivity (Wildman–Crippen MR) is 136 cm³/mol. The Kier molecular flexibility index (Phi) is 8.89. The molecule has 31 heavy (non-hydrogen) atoms. The minimum absolute atomic E-state index is 1.01. The quantitative estimate of drug-likeness (QED) is 0.418. The van der Waals surface area contributed by atoms with Crippen LogP contribution in [0, 0.1) is 59.2 Å². The van der Waals surface area contributed by atoms with Gasteiger partial charge >= 0.3 is 0 Å². The summed E-state index contributed by atoms with van der Waals surface area (Å²) in [6.07, 6.45) is 26.0. The maximum atomic E-state index is 2.60. The largest absolute Gasteiger partial charge is 0.0654 e. The summed E-state index contributed by atoms with van der Waals surface area (Å²) in [7, 11) is 0. The molecule has 0 heterocycles.